The van der Waals surface area contributed by atoms with Gasteiger partial charge >= 0.3 is 0 Å². The Morgan fingerprint density at radius 1 is 1.31 bits per heavy atom. The van der Waals surface area contributed by atoms with Crippen LogP contribution in [0.3, 0.4) is 0 Å². The number of hydrogen-bond acceptors (Lipinski definition) is 4. The maximum absolute atomic E-state index is 5.75. The smallest absolute Gasteiger partial charge is 0.121 e. The maximum atomic E-state index is 5.75. The molecule has 3 aromatic rings. The third-order valence-electron chi connectivity index (χ3n) is 2.52. The van der Waals surface area contributed by atoms with Gasteiger partial charge in [0.2, 0.25) is 0 Å². The molecule has 6 nitrogen and oxygen atoms in total. The Hall–Kier alpha value is -2.37. The lowest BCUT2D eigenvalue weighted by Crippen LogP contribution is -1.96. The highest BCUT2D eigenvalue weighted by atomic mass is 15.3. The van der Waals surface area contributed by atoms with Crippen LogP contribution < -0.4 is 5.73 Å². The average Bonchev–Trinajstić information content (AvgIpc) is 2.83. The van der Waals surface area contributed by atoms with Crippen LogP contribution in [0.25, 0.3) is 16.8 Å². The van der Waals surface area contributed by atoms with Gasteiger partial charge in [-0.05, 0) is 0 Å². The van der Waals surface area contributed by atoms with Crippen LogP contribution in [0, 0.1) is 0 Å². The minimum Gasteiger partial charge on any atom is -0.384 e. The first kappa shape index (κ1) is 8.90. The fourth-order valence-corrected chi connectivity index (χ4v) is 1.65. The summed E-state index contributed by atoms with van der Waals surface area (Å²) in [4.78, 5) is 4.07. The van der Waals surface area contributed by atoms with Crippen LogP contribution in [-0.2, 0) is 7.05 Å². The molecule has 3 rings (SSSR count). The van der Waals surface area contributed by atoms with Gasteiger partial charge in [0.15, 0.2) is 0 Å². The number of aryl methyl sites for hydroxylation is 1. The molecule has 0 amide bonds. The van der Waals surface area contributed by atoms with E-state index in [4.69, 9.17) is 5.73 Å². The van der Waals surface area contributed by atoms with Gasteiger partial charge in [-0.15, -0.1) is 0 Å². The van der Waals surface area contributed by atoms with E-state index in [-0.39, 0.29) is 0 Å². The third kappa shape index (κ3) is 1.16. The standard InChI is InChI=1S/C10H10N6/c1-15-10(11)4-8(14-15)7-5-13-16-3-2-12-6-9(7)16/h2-6H,11H2,1H3. The van der Waals surface area contributed by atoms with E-state index in [2.05, 4.69) is 15.2 Å². The van der Waals surface area contributed by atoms with E-state index in [9.17, 15) is 0 Å². The highest BCUT2D eigenvalue weighted by Gasteiger charge is 2.10. The van der Waals surface area contributed by atoms with Crippen LogP contribution in [0.15, 0.2) is 30.9 Å². The number of anilines is 1. The molecule has 0 bridgehead atoms. The molecule has 0 aliphatic heterocycles. The number of rotatable bonds is 1. The quantitative estimate of drug-likeness (QED) is 0.647. The predicted molar refractivity (Wildman–Crippen MR) is 59.6 cm³/mol. The zero-order valence-electron chi connectivity index (χ0n) is 8.70. The summed E-state index contributed by atoms with van der Waals surface area (Å²) >= 11 is 0. The van der Waals surface area contributed by atoms with E-state index >= 15 is 0 Å². The molecule has 0 saturated carbocycles. The van der Waals surface area contributed by atoms with E-state index in [1.807, 2.05) is 13.1 Å². The van der Waals surface area contributed by atoms with Gasteiger partial charge in [0.1, 0.15) is 5.82 Å². The lowest BCUT2D eigenvalue weighted by atomic mass is 10.2. The van der Waals surface area contributed by atoms with E-state index < -0.39 is 0 Å². The summed E-state index contributed by atoms with van der Waals surface area (Å²) in [5, 5.41) is 8.53. The number of hydrogen-bond donors (Lipinski definition) is 1. The Labute approximate surface area is 91.3 Å². The molecular weight excluding hydrogens is 204 g/mol. The van der Waals surface area contributed by atoms with Crippen LogP contribution >= 0.6 is 0 Å². The highest BCUT2D eigenvalue weighted by molar-refractivity contribution is 5.77. The largest absolute Gasteiger partial charge is 0.384 e. The van der Waals surface area contributed by atoms with Crippen molar-refractivity contribution in [3.63, 3.8) is 0 Å². The van der Waals surface area contributed by atoms with Crippen molar-refractivity contribution in [1.82, 2.24) is 24.4 Å². The van der Waals surface area contributed by atoms with Crippen molar-refractivity contribution in [2.24, 2.45) is 7.05 Å². The Balaban J connectivity index is 2.26. The van der Waals surface area contributed by atoms with E-state index in [1.54, 1.807) is 34.0 Å². The van der Waals surface area contributed by atoms with Gasteiger partial charge in [-0.25, -0.2) is 4.52 Å². The fourth-order valence-electron chi connectivity index (χ4n) is 1.65. The summed E-state index contributed by atoms with van der Waals surface area (Å²) in [7, 11) is 1.81. The fraction of sp³-hybridized carbons (Fsp3) is 0.100. The van der Waals surface area contributed by atoms with Gasteiger partial charge in [-0.1, -0.05) is 0 Å². The SMILES string of the molecule is Cn1nc(-c2cnn3ccncc23)cc1N. The first-order chi connectivity index (χ1) is 7.75. The lowest BCUT2D eigenvalue weighted by molar-refractivity contribution is 0.782. The molecule has 16 heavy (non-hydrogen) atoms. The highest BCUT2D eigenvalue weighted by Crippen LogP contribution is 2.23. The lowest BCUT2D eigenvalue weighted by Gasteiger charge is -1.93. The second-order valence-corrected chi connectivity index (χ2v) is 3.54. The number of fused-ring (bicyclic) bond motifs is 1. The molecule has 0 radical (unpaired) electrons. The van der Waals surface area contributed by atoms with Crippen LogP contribution in [0.4, 0.5) is 5.82 Å². The molecule has 0 spiro atoms. The second kappa shape index (κ2) is 3.06. The molecule has 0 aliphatic rings. The van der Waals surface area contributed by atoms with Crippen molar-refractivity contribution in [2.45, 2.75) is 0 Å². The monoisotopic (exact) mass is 214 g/mol. The van der Waals surface area contributed by atoms with Crippen molar-refractivity contribution in [3.05, 3.63) is 30.9 Å². The second-order valence-electron chi connectivity index (χ2n) is 3.54. The topological polar surface area (TPSA) is 74.0 Å². The van der Waals surface area contributed by atoms with Crippen LogP contribution in [0.5, 0.6) is 0 Å². The maximum Gasteiger partial charge on any atom is 0.121 e. The zero-order valence-corrected chi connectivity index (χ0v) is 8.70. The van der Waals surface area contributed by atoms with Gasteiger partial charge in [-0.2, -0.15) is 10.2 Å². The number of nitrogens with two attached hydrogens (primary N) is 1. The first-order valence-corrected chi connectivity index (χ1v) is 4.83. The predicted octanol–water partition coefficient (Wildman–Crippen LogP) is 0.712. The molecule has 0 saturated heterocycles. The van der Waals surface area contributed by atoms with Crippen molar-refractivity contribution < 1.29 is 0 Å². The van der Waals surface area contributed by atoms with Crippen molar-refractivity contribution in [1.29, 1.82) is 0 Å². The number of nitrogens with zero attached hydrogens (tertiary/aromatic N) is 5. The molecular formula is C10H10N6. The number of nitrogen functional groups attached to an aromatic ring is 1. The molecule has 6 heteroatoms. The minimum atomic E-state index is 0.623. The summed E-state index contributed by atoms with van der Waals surface area (Å²) in [6.07, 6.45) is 7.01. The van der Waals surface area contributed by atoms with Crippen molar-refractivity contribution >= 4 is 11.3 Å². The summed E-state index contributed by atoms with van der Waals surface area (Å²) in [5.41, 5.74) is 8.40. The molecule has 0 fully saturated rings. The molecule has 0 aliphatic carbocycles. The first-order valence-electron chi connectivity index (χ1n) is 4.83. The van der Waals surface area contributed by atoms with Gasteiger partial charge in [-0.3, -0.25) is 9.67 Å². The third-order valence-corrected chi connectivity index (χ3v) is 2.52. The van der Waals surface area contributed by atoms with E-state index in [0.717, 1.165) is 16.8 Å². The van der Waals surface area contributed by atoms with Crippen LogP contribution in [0.2, 0.25) is 0 Å². The van der Waals surface area contributed by atoms with Gasteiger partial charge in [0.25, 0.3) is 0 Å². The van der Waals surface area contributed by atoms with E-state index in [1.165, 1.54) is 0 Å². The average molecular weight is 214 g/mol. The van der Waals surface area contributed by atoms with Crippen LogP contribution in [-0.4, -0.2) is 24.4 Å². The van der Waals surface area contributed by atoms with Crippen molar-refractivity contribution in [2.75, 3.05) is 5.73 Å². The molecule has 3 aromatic heterocycles. The summed E-state index contributed by atoms with van der Waals surface area (Å²) in [6, 6.07) is 1.82. The van der Waals surface area contributed by atoms with Crippen molar-refractivity contribution in [3.8, 4) is 11.3 Å². The number of aromatic nitrogens is 5. The minimum absolute atomic E-state index is 0.623. The molecule has 80 valence electrons. The molecule has 3 heterocycles. The van der Waals surface area contributed by atoms with Gasteiger partial charge in [0.05, 0.1) is 23.6 Å². The Morgan fingerprint density at radius 3 is 2.94 bits per heavy atom. The normalized spacial score (nSPS) is 11.1. The Kier molecular flexibility index (Phi) is 1.70. The summed E-state index contributed by atoms with van der Waals surface area (Å²) in [6.45, 7) is 0. The van der Waals surface area contributed by atoms with Crippen LogP contribution in [0.1, 0.15) is 0 Å². The van der Waals surface area contributed by atoms with Gasteiger partial charge in [0, 0.05) is 31.1 Å². The Morgan fingerprint density at radius 2 is 2.19 bits per heavy atom. The Bertz CT molecular complexity index is 631. The summed E-state index contributed by atoms with van der Waals surface area (Å²) in [5.74, 6) is 0.623. The van der Waals surface area contributed by atoms with E-state index in [0.29, 0.717) is 5.82 Å². The molecule has 2 N–H and O–H groups in total. The molecule has 0 aromatic carbocycles. The van der Waals surface area contributed by atoms with Gasteiger partial charge < -0.3 is 5.73 Å². The molecule has 0 unspecified atom stereocenters. The summed E-state index contributed by atoms with van der Waals surface area (Å²) < 4.78 is 3.39. The molecule has 0 atom stereocenters. The zero-order chi connectivity index (χ0) is 11.1.